The first kappa shape index (κ1) is 21.9. The van der Waals surface area contributed by atoms with E-state index in [1.807, 2.05) is 14.0 Å². The fraction of sp³-hybridized carbons (Fsp3) is 0.286. The van der Waals surface area contributed by atoms with E-state index in [2.05, 4.69) is 20.6 Å². The van der Waals surface area contributed by atoms with Crippen molar-refractivity contribution in [3.05, 3.63) is 75.5 Å². The summed E-state index contributed by atoms with van der Waals surface area (Å²) in [4.78, 5) is 21.4. The zero-order valence-electron chi connectivity index (χ0n) is 16.6. The highest BCUT2D eigenvalue weighted by atomic mass is 35.5. The number of benzene rings is 1. The lowest BCUT2D eigenvalue weighted by atomic mass is 10.1. The van der Waals surface area contributed by atoms with Crippen molar-refractivity contribution in [1.29, 1.82) is 0 Å². The summed E-state index contributed by atoms with van der Waals surface area (Å²) < 4.78 is 15.2. The van der Waals surface area contributed by atoms with Crippen molar-refractivity contribution in [2.24, 2.45) is 0 Å². The predicted molar refractivity (Wildman–Crippen MR) is 115 cm³/mol. The van der Waals surface area contributed by atoms with Crippen molar-refractivity contribution in [2.45, 2.75) is 19.0 Å². The van der Waals surface area contributed by atoms with Gasteiger partial charge in [-0.15, -0.1) is 0 Å². The maximum absolute atomic E-state index is 13.8. The van der Waals surface area contributed by atoms with Gasteiger partial charge in [0.25, 0.3) is 5.56 Å². The standard InChI is InChI=1S/C21H23ClFN5O2/c1-13(11-24-2)26-21-25-7-5-18(27-21)14-6-8-28(20(30)10-14)19(12-29)15-3-4-16(22)17(23)9-15/h3-10,13,19,24,29H,11-12H2,1-2H3,(H,25,26,27)/t13-,19-/m1/s1. The molecule has 2 aromatic heterocycles. The second kappa shape index (κ2) is 9.80. The van der Waals surface area contributed by atoms with Gasteiger partial charge >= 0.3 is 0 Å². The van der Waals surface area contributed by atoms with Gasteiger partial charge in [-0.1, -0.05) is 17.7 Å². The van der Waals surface area contributed by atoms with Gasteiger partial charge in [0, 0.05) is 36.6 Å². The molecule has 158 valence electrons. The van der Waals surface area contributed by atoms with E-state index in [1.165, 1.54) is 22.8 Å². The molecule has 3 rings (SSSR count). The van der Waals surface area contributed by atoms with Crippen LogP contribution in [0.3, 0.4) is 0 Å². The van der Waals surface area contributed by atoms with E-state index in [0.717, 1.165) is 6.54 Å². The lowest BCUT2D eigenvalue weighted by Gasteiger charge is -2.19. The number of hydrogen-bond acceptors (Lipinski definition) is 6. The minimum absolute atomic E-state index is 0.0182. The van der Waals surface area contributed by atoms with Gasteiger partial charge in [-0.2, -0.15) is 0 Å². The van der Waals surface area contributed by atoms with Crippen LogP contribution in [-0.2, 0) is 0 Å². The summed E-state index contributed by atoms with van der Waals surface area (Å²) in [5.41, 5.74) is 1.30. The first-order valence-electron chi connectivity index (χ1n) is 9.45. The largest absolute Gasteiger partial charge is 0.394 e. The van der Waals surface area contributed by atoms with E-state index in [9.17, 15) is 14.3 Å². The number of nitrogens with zero attached hydrogens (tertiary/aromatic N) is 3. The van der Waals surface area contributed by atoms with Gasteiger partial charge in [0.2, 0.25) is 5.95 Å². The van der Waals surface area contributed by atoms with Crippen LogP contribution in [0.5, 0.6) is 0 Å². The smallest absolute Gasteiger partial charge is 0.251 e. The van der Waals surface area contributed by atoms with Crippen molar-refractivity contribution >= 4 is 17.5 Å². The molecule has 2 heterocycles. The summed E-state index contributed by atoms with van der Waals surface area (Å²) in [6.07, 6.45) is 3.18. The average Bonchev–Trinajstić information content (AvgIpc) is 2.72. The van der Waals surface area contributed by atoms with Crippen LogP contribution in [0.15, 0.2) is 53.6 Å². The highest BCUT2D eigenvalue weighted by Crippen LogP contribution is 2.23. The highest BCUT2D eigenvalue weighted by Gasteiger charge is 2.16. The summed E-state index contributed by atoms with van der Waals surface area (Å²) in [6.45, 7) is 2.38. The van der Waals surface area contributed by atoms with Crippen LogP contribution in [0.4, 0.5) is 10.3 Å². The molecule has 0 bridgehead atoms. The number of aromatic nitrogens is 3. The maximum atomic E-state index is 13.8. The number of hydrogen-bond donors (Lipinski definition) is 3. The molecule has 0 unspecified atom stereocenters. The lowest BCUT2D eigenvalue weighted by molar-refractivity contribution is 0.247. The third-order valence-electron chi connectivity index (χ3n) is 4.62. The minimum Gasteiger partial charge on any atom is -0.394 e. The van der Waals surface area contributed by atoms with Crippen LogP contribution in [0, 0.1) is 5.82 Å². The topological polar surface area (TPSA) is 92.1 Å². The zero-order chi connectivity index (χ0) is 21.7. The molecular weight excluding hydrogens is 409 g/mol. The monoisotopic (exact) mass is 431 g/mol. The number of pyridine rings is 1. The lowest BCUT2D eigenvalue weighted by Crippen LogP contribution is -2.28. The van der Waals surface area contributed by atoms with E-state index < -0.39 is 11.9 Å². The normalized spacial score (nSPS) is 13.1. The quantitative estimate of drug-likeness (QED) is 0.508. The molecule has 0 amide bonds. The second-order valence-electron chi connectivity index (χ2n) is 6.90. The SMILES string of the molecule is CNC[C@@H](C)Nc1nccc(-c2ccn([C@H](CO)c3ccc(Cl)c(F)c3)c(=O)c2)n1. The molecule has 0 radical (unpaired) electrons. The Morgan fingerprint density at radius 1 is 1.27 bits per heavy atom. The van der Waals surface area contributed by atoms with Crippen LogP contribution in [0.1, 0.15) is 18.5 Å². The number of rotatable bonds is 8. The van der Waals surface area contributed by atoms with Crippen molar-refractivity contribution in [3.63, 3.8) is 0 Å². The van der Waals surface area contributed by atoms with Gasteiger partial charge in [0.1, 0.15) is 5.82 Å². The molecule has 30 heavy (non-hydrogen) atoms. The number of likely N-dealkylation sites (N-methyl/N-ethyl adjacent to an activating group) is 1. The van der Waals surface area contributed by atoms with E-state index in [4.69, 9.17) is 11.6 Å². The Balaban J connectivity index is 1.89. The summed E-state index contributed by atoms with van der Waals surface area (Å²) >= 11 is 5.73. The number of anilines is 1. The van der Waals surface area contributed by atoms with Gasteiger partial charge in [-0.3, -0.25) is 4.79 Å². The maximum Gasteiger partial charge on any atom is 0.251 e. The van der Waals surface area contributed by atoms with Crippen molar-refractivity contribution in [2.75, 3.05) is 25.5 Å². The van der Waals surface area contributed by atoms with Gasteiger partial charge in [-0.25, -0.2) is 14.4 Å². The zero-order valence-corrected chi connectivity index (χ0v) is 17.4. The highest BCUT2D eigenvalue weighted by molar-refractivity contribution is 6.30. The Morgan fingerprint density at radius 3 is 2.73 bits per heavy atom. The van der Waals surface area contributed by atoms with Crippen LogP contribution in [0.2, 0.25) is 5.02 Å². The Morgan fingerprint density at radius 2 is 2.07 bits per heavy atom. The predicted octanol–water partition coefficient (Wildman–Crippen LogP) is 2.70. The molecule has 3 aromatic rings. The van der Waals surface area contributed by atoms with E-state index >= 15 is 0 Å². The molecule has 3 N–H and O–H groups in total. The number of aliphatic hydroxyl groups is 1. The number of halogens is 2. The number of aliphatic hydroxyl groups excluding tert-OH is 1. The third-order valence-corrected chi connectivity index (χ3v) is 4.93. The van der Waals surface area contributed by atoms with Gasteiger partial charge in [0.15, 0.2) is 0 Å². The van der Waals surface area contributed by atoms with Gasteiger partial charge < -0.3 is 20.3 Å². The Hall–Kier alpha value is -2.81. The molecule has 1 aromatic carbocycles. The second-order valence-corrected chi connectivity index (χ2v) is 7.31. The summed E-state index contributed by atoms with van der Waals surface area (Å²) in [5.74, 6) is -0.143. The molecule has 7 nitrogen and oxygen atoms in total. The Labute approximate surface area is 178 Å². The van der Waals surface area contributed by atoms with Crippen LogP contribution in [0.25, 0.3) is 11.3 Å². The van der Waals surface area contributed by atoms with Crippen molar-refractivity contribution in [1.82, 2.24) is 19.9 Å². The molecule has 2 atom stereocenters. The van der Waals surface area contributed by atoms with Crippen LogP contribution < -0.4 is 16.2 Å². The molecule has 0 aliphatic rings. The number of nitrogens with one attached hydrogen (secondary N) is 2. The third kappa shape index (κ3) is 5.02. The Kier molecular flexibility index (Phi) is 7.15. The first-order valence-corrected chi connectivity index (χ1v) is 9.83. The molecule has 0 saturated heterocycles. The van der Waals surface area contributed by atoms with Gasteiger partial charge in [0.05, 0.1) is 23.4 Å². The van der Waals surface area contributed by atoms with Gasteiger partial charge in [-0.05, 0) is 43.8 Å². The summed E-state index contributed by atoms with van der Waals surface area (Å²) in [5, 5.41) is 16.1. The summed E-state index contributed by atoms with van der Waals surface area (Å²) in [6, 6.07) is 8.47. The Bertz CT molecular complexity index is 1080. The molecular formula is C21H23ClFN5O2. The van der Waals surface area contributed by atoms with E-state index in [1.54, 1.807) is 30.6 Å². The molecule has 0 aliphatic carbocycles. The van der Waals surface area contributed by atoms with E-state index in [0.29, 0.717) is 22.8 Å². The van der Waals surface area contributed by atoms with Crippen molar-refractivity contribution < 1.29 is 9.50 Å². The van der Waals surface area contributed by atoms with Crippen LogP contribution >= 0.6 is 11.6 Å². The molecule has 0 fully saturated rings. The van der Waals surface area contributed by atoms with Crippen LogP contribution in [-0.4, -0.2) is 45.9 Å². The molecule has 0 aliphatic heterocycles. The fourth-order valence-electron chi connectivity index (χ4n) is 3.15. The fourth-order valence-corrected chi connectivity index (χ4v) is 3.26. The molecule has 0 saturated carbocycles. The molecule has 9 heteroatoms. The van der Waals surface area contributed by atoms with E-state index in [-0.39, 0.29) is 23.2 Å². The summed E-state index contributed by atoms with van der Waals surface area (Å²) in [7, 11) is 1.86. The average molecular weight is 432 g/mol. The first-order chi connectivity index (χ1) is 14.4. The van der Waals surface area contributed by atoms with Crippen molar-refractivity contribution in [3.8, 4) is 11.3 Å². The minimum atomic E-state index is -0.733. The molecule has 0 spiro atoms.